The van der Waals surface area contributed by atoms with E-state index in [1.165, 1.54) is 7.11 Å². The van der Waals surface area contributed by atoms with Crippen LogP contribution in [0.1, 0.15) is 24.7 Å². The normalized spacial score (nSPS) is 15.8. The average molecular weight is 341 g/mol. The van der Waals surface area contributed by atoms with E-state index in [0.29, 0.717) is 30.5 Å². The van der Waals surface area contributed by atoms with Crippen LogP contribution in [-0.4, -0.2) is 57.1 Å². The number of hydrogen-bond donors (Lipinski definition) is 0. The third-order valence-corrected chi connectivity index (χ3v) is 4.50. The van der Waals surface area contributed by atoms with Crippen LogP contribution < -0.4 is 0 Å². The molecule has 1 fully saturated rings. The van der Waals surface area contributed by atoms with Crippen LogP contribution in [0.5, 0.6) is 0 Å². The summed E-state index contributed by atoms with van der Waals surface area (Å²) in [5.41, 5.74) is 1.53. The predicted molar refractivity (Wildman–Crippen MR) is 88.9 cm³/mol. The Morgan fingerprint density at radius 1 is 1.32 bits per heavy atom. The lowest BCUT2D eigenvalue weighted by atomic mass is 9.97. The Bertz CT molecular complexity index is 846. The van der Waals surface area contributed by atoms with Gasteiger partial charge in [-0.05, 0) is 25.0 Å². The zero-order valence-electron chi connectivity index (χ0n) is 14.0. The number of fused-ring (bicyclic) bond motifs is 1. The van der Waals surface area contributed by atoms with Crippen LogP contribution in [0.3, 0.4) is 0 Å². The third-order valence-electron chi connectivity index (χ3n) is 4.50. The molecule has 0 saturated carbocycles. The summed E-state index contributed by atoms with van der Waals surface area (Å²) in [7, 11) is 1.53. The van der Waals surface area contributed by atoms with Crippen molar-refractivity contribution in [2.45, 2.75) is 18.8 Å². The molecule has 130 valence electrons. The number of likely N-dealkylation sites (tertiary alicyclic amines) is 1. The molecule has 25 heavy (non-hydrogen) atoms. The fourth-order valence-electron chi connectivity index (χ4n) is 3.14. The van der Waals surface area contributed by atoms with Crippen LogP contribution in [0.25, 0.3) is 17.2 Å². The first-order valence-corrected chi connectivity index (χ1v) is 8.29. The molecule has 1 saturated heterocycles. The number of carbonyl (C=O) groups is 1. The first-order valence-electron chi connectivity index (χ1n) is 8.29. The third kappa shape index (κ3) is 3.12. The van der Waals surface area contributed by atoms with E-state index in [-0.39, 0.29) is 18.4 Å². The molecule has 3 aromatic rings. The molecule has 1 aliphatic heterocycles. The molecular formula is C17H19N5O3. The summed E-state index contributed by atoms with van der Waals surface area (Å²) < 4.78 is 12.3. The molecule has 0 aliphatic carbocycles. The van der Waals surface area contributed by atoms with Gasteiger partial charge < -0.3 is 18.6 Å². The zero-order chi connectivity index (χ0) is 17.2. The second-order valence-electron chi connectivity index (χ2n) is 6.14. The van der Waals surface area contributed by atoms with Crippen molar-refractivity contribution in [2.75, 3.05) is 26.8 Å². The van der Waals surface area contributed by atoms with E-state index in [4.69, 9.17) is 9.26 Å². The van der Waals surface area contributed by atoms with Gasteiger partial charge in [0.15, 0.2) is 0 Å². The molecule has 8 nitrogen and oxygen atoms in total. The zero-order valence-corrected chi connectivity index (χ0v) is 14.0. The fourth-order valence-corrected chi connectivity index (χ4v) is 3.14. The number of methoxy groups -OCH3 is 1. The number of nitrogens with zero attached hydrogens (tertiary/aromatic N) is 5. The molecule has 1 amide bonds. The number of piperidine rings is 1. The monoisotopic (exact) mass is 341 g/mol. The first kappa shape index (κ1) is 15.8. The summed E-state index contributed by atoms with van der Waals surface area (Å²) in [5.74, 6) is 1.31. The van der Waals surface area contributed by atoms with E-state index in [2.05, 4.69) is 15.1 Å². The van der Waals surface area contributed by atoms with Crippen molar-refractivity contribution in [2.24, 2.45) is 0 Å². The maximum atomic E-state index is 11.9. The van der Waals surface area contributed by atoms with E-state index < -0.39 is 0 Å². The summed E-state index contributed by atoms with van der Waals surface area (Å²) >= 11 is 0. The van der Waals surface area contributed by atoms with E-state index >= 15 is 0 Å². The first-order chi connectivity index (χ1) is 12.2. The number of ether oxygens (including phenoxy) is 1. The van der Waals surface area contributed by atoms with Crippen molar-refractivity contribution in [1.29, 1.82) is 0 Å². The van der Waals surface area contributed by atoms with Crippen molar-refractivity contribution in [3.8, 4) is 11.5 Å². The Morgan fingerprint density at radius 3 is 2.92 bits per heavy atom. The van der Waals surface area contributed by atoms with Crippen LogP contribution in [-0.2, 0) is 9.53 Å². The van der Waals surface area contributed by atoms with Crippen molar-refractivity contribution in [3.05, 3.63) is 36.5 Å². The Hall–Kier alpha value is -2.74. The van der Waals surface area contributed by atoms with Gasteiger partial charge >= 0.3 is 0 Å². The molecule has 0 aromatic carbocycles. The molecule has 8 heteroatoms. The van der Waals surface area contributed by atoms with E-state index in [1.807, 2.05) is 39.9 Å². The van der Waals surface area contributed by atoms with Crippen LogP contribution >= 0.6 is 0 Å². The van der Waals surface area contributed by atoms with E-state index in [1.54, 1.807) is 0 Å². The van der Waals surface area contributed by atoms with E-state index in [0.717, 1.165) is 18.5 Å². The number of hydrogen-bond acceptors (Lipinski definition) is 6. The summed E-state index contributed by atoms with van der Waals surface area (Å²) in [6.45, 7) is 1.49. The number of carbonyl (C=O) groups excluding carboxylic acids is 1. The Balaban J connectivity index is 1.46. The molecule has 0 bridgehead atoms. The highest BCUT2D eigenvalue weighted by Gasteiger charge is 2.27. The highest BCUT2D eigenvalue weighted by Crippen LogP contribution is 2.28. The van der Waals surface area contributed by atoms with Gasteiger partial charge in [0.05, 0.1) is 0 Å². The Kier molecular flexibility index (Phi) is 4.19. The molecule has 1 aliphatic rings. The van der Waals surface area contributed by atoms with Crippen molar-refractivity contribution >= 4 is 11.6 Å². The summed E-state index contributed by atoms with van der Waals surface area (Å²) in [6.07, 6.45) is 5.43. The average Bonchev–Trinajstić information content (AvgIpc) is 3.29. The van der Waals surface area contributed by atoms with Crippen molar-refractivity contribution < 1.29 is 14.1 Å². The topological polar surface area (TPSA) is 85.8 Å². The second-order valence-corrected chi connectivity index (χ2v) is 6.14. The second kappa shape index (κ2) is 6.64. The number of pyridine rings is 1. The van der Waals surface area contributed by atoms with Gasteiger partial charge in [-0.15, -0.1) is 0 Å². The maximum absolute atomic E-state index is 11.9. The largest absolute Gasteiger partial charge is 0.375 e. The fraction of sp³-hybridized carbons (Fsp3) is 0.412. The molecule has 4 heterocycles. The number of aromatic nitrogens is 4. The van der Waals surface area contributed by atoms with E-state index in [9.17, 15) is 4.79 Å². The molecule has 0 N–H and O–H groups in total. The lowest BCUT2D eigenvalue weighted by molar-refractivity contribution is -0.136. The molecule has 0 radical (unpaired) electrons. The summed E-state index contributed by atoms with van der Waals surface area (Å²) in [4.78, 5) is 22.7. The van der Waals surface area contributed by atoms with Gasteiger partial charge in [-0.2, -0.15) is 4.98 Å². The Morgan fingerprint density at radius 2 is 2.16 bits per heavy atom. The Labute approximate surface area is 144 Å². The highest BCUT2D eigenvalue weighted by molar-refractivity contribution is 5.77. The summed E-state index contributed by atoms with van der Waals surface area (Å²) in [6, 6.07) is 5.81. The number of amides is 1. The van der Waals surface area contributed by atoms with Gasteiger partial charge in [0.1, 0.15) is 17.9 Å². The van der Waals surface area contributed by atoms with Gasteiger partial charge in [-0.3, -0.25) is 4.79 Å². The van der Waals surface area contributed by atoms with Crippen LogP contribution in [0.15, 0.2) is 35.1 Å². The minimum Gasteiger partial charge on any atom is -0.375 e. The maximum Gasteiger partial charge on any atom is 0.248 e. The van der Waals surface area contributed by atoms with Gasteiger partial charge in [0, 0.05) is 38.5 Å². The van der Waals surface area contributed by atoms with Crippen LogP contribution in [0.2, 0.25) is 0 Å². The van der Waals surface area contributed by atoms with Gasteiger partial charge in [-0.1, -0.05) is 11.2 Å². The van der Waals surface area contributed by atoms with Crippen molar-refractivity contribution in [1.82, 2.24) is 24.4 Å². The molecule has 4 rings (SSSR count). The SMILES string of the molecule is COCC(=O)N1CCC(c2nc(-c3cn4ccccc4n3)no2)CC1. The molecule has 0 spiro atoms. The van der Waals surface area contributed by atoms with Crippen LogP contribution in [0, 0.1) is 0 Å². The summed E-state index contributed by atoms with van der Waals surface area (Å²) in [5, 5.41) is 4.08. The van der Waals surface area contributed by atoms with Crippen LogP contribution in [0.4, 0.5) is 0 Å². The lowest BCUT2D eigenvalue weighted by Gasteiger charge is -2.30. The molecular weight excluding hydrogens is 322 g/mol. The highest BCUT2D eigenvalue weighted by atomic mass is 16.5. The van der Waals surface area contributed by atoms with Gasteiger partial charge in [0.2, 0.25) is 17.6 Å². The quantitative estimate of drug-likeness (QED) is 0.718. The lowest BCUT2D eigenvalue weighted by Crippen LogP contribution is -2.39. The molecule has 3 aromatic heterocycles. The smallest absolute Gasteiger partial charge is 0.248 e. The molecule has 0 unspecified atom stereocenters. The minimum absolute atomic E-state index is 0.0249. The van der Waals surface area contributed by atoms with Gasteiger partial charge in [-0.25, -0.2) is 4.98 Å². The van der Waals surface area contributed by atoms with Crippen molar-refractivity contribution in [3.63, 3.8) is 0 Å². The van der Waals surface area contributed by atoms with Gasteiger partial charge in [0.25, 0.3) is 0 Å². The predicted octanol–water partition coefficient (Wildman–Crippen LogP) is 1.74. The number of rotatable bonds is 4. The standard InChI is InChI=1S/C17H19N5O3/c1-24-11-15(23)21-8-5-12(6-9-21)17-19-16(20-25-17)13-10-22-7-3-2-4-14(22)18-13/h2-4,7,10,12H,5-6,8-9,11H2,1H3. The minimum atomic E-state index is 0.0249. The number of imidazole rings is 1. The molecule has 0 atom stereocenters.